The van der Waals surface area contributed by atoms with Gasteiger partial charge >= 0.3 is 0 Å². The molecule has 1 aliphatic rings. The van der Waals surface area contributed by atoms with Crippen molar-refractivity contribution in [1.82, 2.24) is 9.36 Å². The number of para-hydroxylation sites is 1. The molecule has 3 aromatic rings. The van der Waals surface area contributed by atoms with E-state index in [4.69, 9.17) is 0 Å². The van der Waals surface area contributed by atoms with E-state index in [0.717, 1.165) is 0 Å². The Kier molecular flexibility index (Phi) is 4.31. The van der Waals surface area contributed by atoms with Gasteiger partial charge in [0.2, 0.25) is 0 Å². The SMILES string of the molecule is Cc1c(C2C(=O)C(=Nc3ccc(F)cc3)C2O)c(=O)n(-c2ccccc2)n1C. The summed E-state index contributed by atoms with van der Waals surface area (Å²) in [6.07, 6.45) is -1.18. The summed E-state index contributed by atoms with van der Waals surface area (Å²) in [4.78, 5) is 29.8. The molecule has 2 atom stereocenters. The number of aliphatic hydroxyl groups is 1. The Morgan fingerprint density at radius 2 is 1.68 bits per heavy atom. The van der Waals surface area contributed by atoms with E-state index < -0.39 is 23.6 Å². The number of halogens is 1. The maximum atomic E-state index is 13.0. The first-order valence-corrected chi connectivity index (χ1v) is 8.80. The van der Waals surface area contributed by atoms with E-state index in [1.54, 1.807) is 30.8 Å². The van der Waals surface area contributed by atoms with Gasteiger partial charge in [-0.15, -0.1) is 0 Å². The van der Waals surface area contributed by atoms with Crippen molar-refractivity contribution in [2.45, 2.75) is 18.9 Å². The van der Waals surface area contributed by atoms with Crippen LogP contribution < -0.4 is 5.56 Å². The summed E-state index contributed by atoms with van der Waals surface area (Å²) in [5, 5.41) is 10.5. The standard InChI is InChI=1S/C21H18FN3O3/c1-12-16(21(28)25(24(12)2)15-6-4-3-5-7-15)17-19(26)18(20(17)27)23-14-10-8-13(22)9-11-14/h3-11,17,19,26H,1-2H3. The fraction of sp³-hybridized carbons (Fsp3) is 0.190. The average Bonchev–Trinajstić information content (AvgIpc) is 2.91. The first-order valence-electron chi connectivity index (χ1n) is 8.80. The van der Waals surface area contributed by atoms with Crippen molar-refractivity contribution < 1.29 is 14.3 Å². The molecular weight excluding hydrogens is 361 g/mol. The Morgan fingerprint density at radius 1 is 1.04 bits per heavy atom. The van der Waals surface area contributed by atoms with Crippen LogP contribution in [0, 0.1) is 12.7 Å². The number of hydrogen-bond acceptors (Lipinski definition) is 4. The van der Waals surface area contributed by atoms with Gasteiger partial charge in [-0.3, -0.25) is 14.3 Å². The average molecular weight is 379 g/mol. The summed E-state index contributed by atoms with van der Waals surface area (Å²) in [5.41, 5.74) is 1.54. The number of carbonyl (C=O) groups is 1. The molecule has 0 amide bonds. The van der Waals surface area contributed by atoms with Crippen LogP contribution >= 0.6 is 0 Å². The lowest BCUT2D eigenvalue weighted by atomic mass is 9.73. The van der Waals surface area contributed by atoms with Crippen LogP contribution in [-0.2, 0) is 11.8 Å². The number of rotatable bonds is 3. The van der Waals surface area contributed by atoms with Crippen LogP contribution in [-0.4, -0.2) is 32.1 Å². The van der Waals surface area contributed by atoms with Gasteiger partial charge in [-0.2, -0.15) is 0 Å². The van der Waals surface area contributed by atoms with Crippen molar-refractivity contribution in [2.24, 2.45) is 12.0 Å². The van der Waals surface area contributed by atoms with Gasteiger partial charge in [-0.05, 0) is 43.3 Å². The predicted molar refractivity (Wildman–Crippen MR) is 103 cm³/mol. The van der Waals surface area contributed by atoms with Crippen molar-refractivity contribution >= 4 is 17.2 Å². The molecule has 2 unspecified atom stereocenters. The van der Waals surface area contributed by atoms with E-state index in [-0.39, 0.29) is 16.8 Å². The number of aromatic nitrogens is 2. The second-order valence-electron chi connectivity index (χ2n) is 6.74. The van der Waals surface area contributed by atoms with Crippen molar-refractivity contribution in [3.63, 3.8) is 0 Å². The number of Topliss-reactive ketones (excluding diaryl/α,β-unsaturated/α-hetero) is 1. The zero-order chi connectivity index (χ0) is 20.0. The molecule has 1 N–H and O–H groups in total. The van der Waals surface area contributed by atoms with Crippen LogP contribution in [0.15, 0.2) is 64.4 Å². The molecule has 1 fully saturated rings. The zero-order valence-corrected chi connectivity index (χ0v) is 15.3. The minimum Gasteiger partial charge on any atom is -0.386 e. The van der Waals surface area contributed by atoms with E-state index in [9.17, 15) is 19.1 Å². The Labute approximate surface area is 160 Å². The molecule has 7 heteroatoms. The lowest BCUT2D eigenvalue weighted by Gasteiger charge is -2.31. The minimum atomic E-state index is -1.18. The Balaban J connectivity index is 1.73. The lowest BCUT2D eigenvalue weighted by molar-refractivity contribution is -0.120. The second kappa shape index (κ2) is 6.69. The second-order valence-corrected chi connectivity index (χ2v) is 6.74. The fourth-order valence-corrected chi connectivity index (χ4v) is 3.52. The van der Waals surface area contributed by atoms with E-state index in [0.29, 0.717) is 17.1 Å². The third-order valence-corrected chi connectivity index (χ3v) is 5.12. The highest BCUT2D eigenvalue weighted by Crippen LogP contribution is 2.34. The van der Waals surface area contributed by atoms with E-state index in [1.807, 2.05) is 18.2 Å². The maximum absolute atomic E-state index is 13.0. The van der Waals surface area contributed by atoms with Gasteiger partial charge in [0.25, 0.3) is 5.56 Å². The summed E-state index contributed by atoms with van der Waals surface area (Å²) in [6.45, 7) is 1.74. The maximum Gasteiger partial charge on any atom is 0.275 e. The molecule has 0 spiro atoms. The van der Waals surface area contributed by atoms with Crippen molar-refractivity contribution in [2.75, 3.05) is 0 Å². The normalized spacial score (nSPS) is 20.4. The van der Waals surface area contributed by atoms with E-state index >= 15 is 0 Å². The molecule has 2 aromatic carbocycles. The third kappa shape index (κ3) is 2.71. The van der Waals surface area contributed by atoms with E-state index in [2.05, 4.69) is 4.99 Å². The first-order chi connectivity index (χ1) is 13.4. The predicted octanol–water partition coefficient (Wildman–Crippen LogP) is 2.42. The summed E-state index contributed by atoms with van der Waals surface area (Å²) < 4.78 is 16.2. The van der Waals surface area contributed by atoms with Crippen LogP contribution in [0.2, 0.25) is 0 Å². The minimum absolute atomic E-state index is 0.0227. The molecule has 28 heavy (non-hydrogen) atoms. The van der Waals surface area contributed by atoms with Gasteiger partial charge in [0.05, 0.1) is 22.9 Å². The Morgan fingerprint density at radius 3 is 2.29 bits per heavy atom. The molecule has 0 saturated heterocycles. The smallest absolute Gasteiger partial charge is 0.275 e. The van der Waals surface area contributed by atoms with Gasteiger partial charge in [-0.25, -0.2) is 14.1 Å². The monoisotopic (exact) mass is 379 g/mol. The van der Waals surface area contributed by atoms with Crippen LogP contribution in [0.4, 0.5) is 10.1 Å². The number of benzene rings is 2. The highest BCUT2D eigenvalue weighted by molar-refractivity contribution is 6.51. The van der Waals surface area contributed by atoms with Gasteiger partial charge in [0.15, 0.2) is 5.78 Å². The summed E-state index contributed by atoms with van der Waals surface area (Å²) in [6, 6.07) is 14.4. The molecule has 6 nitrogen and oxygen atoms in total. The molecule has 1 aromatic heterocycles. The van der Waals surface area contributed by atoms with E-state index in [1.165, 1.54) is 28.9 Å². The Hall–Kier alpha value is -3.32. The molecule has 1 aliphatic carbocycles. The number of aliphatic hydroxyl groups excluding tert-OH is 1. The topological polar surface area (TPSA) is 76.6 Å². The quantitative estimate of drug-likeness (QED) is 0.759. The summed E-state index contributed by atoms with van der Waals surface area (Å²) in [5.74, 6) is -1.77. The number of nitrogens with zero attached hydrogens (tertiary/aromatic N) is 3. The van der Waals surface area contributed by atoms with Crippen molar-refractivity contribution in [1.29, 1.82) is 0 Å². The molecule has 142 valence electrons. The molecule has 4 rings (SSSR count). The van der Waals surface area contributed by atoms with Gasteiger partial charge in [0.1, 0.15) is 17.6 Å². The third-order valence-electron chi connectivity index (χ3n) is 5.12. The molecule has 1 heterocycles. The van der Waals surface area contributed by atoms with Crippen LogP contribution in [0.1, 0.15) is 17.2 Å². The molecule has 0 aliphatic heterocycles. The van der Waals surface area contributed by atoms with Crippen LogP contribution in [0.25, 0.3) is 5.69 Å². The molecule has 1 saturated carbocycles. The van der Waals surface area contributed by atoms with Crippen molar-refractivity contribution in [3.8, 4) is 5.69 Å². The highest BCUT2D eigenvalue weighted by atomic mass is 19.1. The fourth-order valence-electron chi connectivity index (χ4n) is 3.52. The molecular formula is C21H18FN3O3. The largest absolute Gasteiger partial charge is 0.386 e. The number of hydrogen-bond donors (Lipinski definition) is 1. The van der Waals surface area contributed by atoms with Crippen LogP contribution in [0.3, 0.4) is 0 Å². The van der Waals surface area contributed by atoms with Crippen molar-refractivity contribution in [3.05, 3.63) is 82.0 Å². The number of carbonyl (C=O) groups excluding carboxylic acids is 1. The molecule has 0 bridgehead atoms. The highest BCUT2D eigenvalue weighted by Gasteiger charge is 2.49. The summed E-state index contributed by atoms with van der Waals surface area (Å²) >= 11 is 0. The number of ketones is 1. The van der Waals surface area contributed by atoms with Gasteiger partial charge in [-0.1, -0.05) is 18.2 Å². The zero-order valence-electron chi connectivity index (χ0n) is 15.3. The first kappa shape index (κ1) is 18.1. The van der Waals surface area contributed by atoms with Gasteiger partial charge < -0.3 is 5.11 Å². The Bertz CT molecular complexity index is 1140. The molecule has 0 radical (unpaired) electrons. The van der Waals surface area contributed by atoms with Crippen LogP contribution in [0.5, 0.6) is 0 Å². The summed E-state index contributed by atoms with van der Waals surface area (Å²) in [7, 11) is 1.73. The number of aliphatic imine (C=N–C) groups is 1. The lowest BCUT2D eigenvalue weighted by Crippen LogP contribution is -2.52. The van der Waals surface area contributed by atoms with Gasteiger partial charge in [0, 0.05) is 12.7 Å².